The van der Waals surface area contributed by atoms with Gasteiger partial charge < -0.3 is 24.8 Å². The quantitative estimate of drug-likeness (QED) is 0.460. The van der Waals surface area contributed by atoms with Gasteiger partial charge in [0, 0.05) is 12.0 Å². The molecule has 31 heavy (non-hydrogen) atoms. The molecular weight excluding hydrogens is 408 g/mol. The first-order valence-corrected chi connectivity index (χ1v) is 9.50. The number of carbonyl (C=O) groups is 2. The van der Waals surface area contributed by atoms with Gasteiger partial charge >= 0.3 is 5.97 Å². The van der Waals surface area contributed by atoms with E-state index in [9.17, 15) is 19.8 Å². The SMILES string of the molecule is COc1ncnc2c1ncn2[C@@H]1O[C@H](CCC(=O)c2cccc(C(=O)O)c2)[C@@H](O)[C@H]1O. The fraction of sp³-hybridized carbons (Fsp3) is 0.350. The average molecular weight is 428 g/mol. The number of hydrogen-bond donors (Lipinski definition) is 3. The summed E-state index contributed by atoms with van der Waals surface area (Å²) >= 11 is 0. The summed E-state index contributed by atoms with van der Waals surface area (Å²) in [6.07, 6.45) is -1.44. The number of aliphatic hydroxyl groups is 2. The summed E-state index contributed by atoms with van der Waals surface area (Å²) in [6.45, 7) is 0. The van der Waals surface area contributed by atoms with Crippen molar-refractivity contribution in [2.75, 3.05) is 7.11 Å². The molecule has 1 aliphatic heterocycles. The highest BCUT2D eigenvalue weighted by Crippen LogP contribution is 2.34. The smallest absolute Gasteiger partial charge is 0.335 e. The van der Waals surface area contributed by atoms with Crippen LogP contribution < -0.4 is 4.74 Å². The number of carbonyl (C=O) groups excluding carboxylic acids is 1. The number of aromatic nitrogens is 4. The lowest BCUT2D eigenvalue weighted by molar-refractivity contribution is -0.0369. The number of carboxylic acids is 1. The molecule has 1 fully saturated rings. The second-order valence-corrected chi connectivity index (χ2v) is 7.10. The molecule has 3 heterocycles. The Labute approximate surface area is 175 Å². The van der Waals surface area contributed by atoms with Crippen LogP contribution in [0.5, 0.6) is 5.88 Å². The first-order chi connectivity index (χ1) is 14.9. The van der Waals surface area contributed by atoms with Crippen LogP contribution in [0.25, 0.3) is 11.2 Å². The molecule has 2 aromatic heterocycles. The minimum absolute atomic E-state index is 0.00487. The third-order valence-electron chi connectivity index (χ3n) is 5.22. The molecule has 11 nitrogen and oxygen atoms in total. The summed E-state index contributed by atoms with van der Waals surface area (Å²) in [7, 11) is 1.45. The zero-order chi connectivity index (χ0) is 22.1. The Morgan fingerprint density at radius 2 is 1.94 bits per heavy atom. The van der Waals surface area contributed by atoms with E-state index in [0.717, 1.165) is 0 Å². The molecule has 3 aromatic rings. The standard InChI is InChI=1S/C20H20N4O7/c1-30-18-14-17(21-8-22-18)24(9-23-14)19-16(27)15(26)13(31-19)6-5-12(25)10-3-2-4-11(7-10)20(28)29/h2-4,7-9,13,15-16,19,26-27H,5-6H2,1H3,(H,28,29)/t13-,15-,16-,19-/m1/s1. The van der Waals surface area contributed by atoms with Crippen LogP contribution in [0.1, 0.15) is 39.8 Å². The van der Waals surface area contributed by atoms with Gasteiger partial charge in [0.05, 0.1) is 25.1 Å². The monoisotopic (exact) mass is 428 g/mol. The number of imidazole rings is 1. The van der Waals surface area contributed by atoms with Crippen LogP contribution in [0.2, 0.25) is 0 Å². The summed E-state index contributed by atoms with van der Waals surface area (Å²) in [5.41, 5.74) is 1.02. The third-order valence-corrected chi connectivity index (χ3v) is 5.22. The van der Waals surface area contributed by atoms with Gasteiger partial charge in [0.25, 0.3) is 0 Å². The summed E-state index contributed by atoms with van der Waals surface area (Å²) in [5, 5.41) is 30.0. The molecule has 162 valence electrons. The van der Waals surface area contributed by atoms with Crippen molar-refractivity contribution in [1.29, 1.82) is 0 Å². The Balaban J connectivity index is 1.48. The van der Waals surface area contributed by atoms with Crippen LogP contribution in [0, 0.1) is 0 Å². The highest BCUT2D eigenvalue weighted by atomic mass is 16.6. The Morgan fingerprint density at radius 3 is 2.68 bits per heavy atom. The number of ether oxygens (including phenoxy) is 2. The number of hydrogen-bond acceptors (Lipinski definition) is 9. The van der Waals surface area contributed by atoms with E-state index in [-0.39, 0.29) is 35.6 Å². The molecular formula is C20H20N4O7. The number of fused-ring (bicyclic) bond motifs is 1. The Kier molecular flexibility index (Phi) is 5.63. The summed E-state index contributed by atoms with van der Waals surface area (Å²) in [4.78, 5) is 35.9. The lowest BCUT2D eigenvalue weighted by Crippen LogP contribution is -2.31. The Bertz CT molecular complexity index is 1130. The van der Waals surface area contributed by atoms with E-state index in [1.165, 1.54) is 48.6 Å². The molecule has 0 spiro atoms. The molecule has 0 bridgehead atoms. The van der Waals surface area contributed by atoms with Crippen LogP contribution in [-0.4, -0.2) is 72.0 Å². The highest BCUT2D eigenvalue weighted by molar-refractivity contribution is 5.98. The molecule has 0 amide bonds. The lowest BCUT2D eigenvalue weighted by Gasteiger charge is -2.16. The molecule has 4 atom stereocenters. The normalized spacial score (nSPS) is 23.2. The van der Waals surface area contributed by atoms with Crippen molar-refractivity contribution in [3.8, 4) is 5.88 Å². The van der Waals surface area contributed by atoms with E-state index in [0.29, 0.717) is 11.2 Å². The minimum atomic E-state index is -1.27. The van der Waals surface area contributed by atoms with Gasteiger partial charge in [-0.3, -0.25) is 9.36 Å². The highest BCUT2D eigenvalue weighted by Gasteiger charge is 2.44. The molecule has 3 N–H and O–H groups in total. The van der Waals surface area contributed by atoms with E-state index in [1.54, 1.807) is 0 Å². The molecule has 1 saturated heterocycles. The van der Waals surface area contributed by atoms with E-state index < -0.39 is 30.5 Å². The zero-order valence-corrected chi connectivity index (χ0v) is 16.5. The number of aliphatic hydroxyl groups excluding tert-OH is 2. The maximum absolute atomic E-state index is 12.5. The number of carboxylic acid groups (broad SMARTS) is 1. The molecule has 0 radical (unpaired) electrons. The van der Waals surface area contributed by atoms with Crippen LogP contribution in [0.15, 0.2) is 36.9 Å². The van der Waals surface area contributed by atoms with Crippen LogP contribution in [0.4, 0.5) is 0 Å². The van der Waals surface area contributed by atoms with Gasteiger partial charge in [0.1, 0.15) is 18.5 Å². The van der Waals surface area contributed by atoms with Gasteiger partial charge in [0.2, 0.25) is 5.88 Å². The van der Waals surface area contributed by atoms with Crippen molar-refractivity contribution in [3.63, 3.8) is 0 Å². The average Bonchev–Trinajstić information content (AvgIpc) is 3.33. The molecule has 11 heteroatoms. The number of aromatic carboxylic acids is 1. The predicted octanol–water partition coefficient (Wildman–Crippen LogP) is 0.815. The van der Waals surface area contributed by atoms with Crippen LogP contribution in [0.3, 0.4) is 0 Å². The zero-order valence-electron chi connectivity index (χ0n) is 16.5. The minimum Gasteiger partial charge on any atom is -0.479 e. The number of benzene rings is 1. The van der Waals surface area contributed by atoms with Crippen LogP contribution >= 0.6 is 0 Å². The second-order valence-electron chi connectivity index (χ2n) is 7.10. The summed E-state index contributed by atoms with van der Waals surface area (Å²) in [6, 6.07) is 5.73. The van der Waals surface area contributed by atoms with Gasteiger partial charge in [-0.1, -0.05) is 12.1 Å². The maximum atomic E-state index is 12.5. The summed E-state index contributed by atoms with van der Waals surface area (Å²) < 4.78 is 12.5. The van der Waals surface area contributed by atoms with Crippen LogP contribution in [-0.2, 0) is 4.74 Å². The second kappa shape index (κ2) is 8.38. The van der Waals surface area contributed by atoms with Gasteiger partial charge in [-0.2, -0.15) is 4.98 Å². The van der Waals surface area contributed by atoms with Crippen molar-refractivity contribution in [2.45, 2.75) is 37.4 Å². The number of Topliss-reactive ketones (excluding diaryl/α,β-unsaturated/α-hetero) is 1. The van der Waals surface area contributed by atoms with Gasteiger partial charge in [-0.05, 0) is 18.6 Å². The molecule has 0 aliphatic carbocycles. The van der Waals surface area contributed by atoms with Crippen molar-refractivity contribution >= 4 is 22.9 Å². The maximum Gasteiger partial charge on any atom is 0.335 e. The van der Waals surface area contributed by atoms with Crippen molar-refractivity contribution in [3.05, 3.63) is 48.0 Å². The number of ketones is 1. The Hall–Kier alpha value is -3.41. The van der Waals surface area contributed by atoms with Gasteiger partial charge in [-0.15, -0.1) is 0 Å². The van der Waals surface area contributed by atoms with Gasteiger partial charge in [0.15, 0.2) is 23.2 Å². The molecule has 1 aromatic carbocycles. The molecule has 4 rings (SSSR count). The van der Waals surface area contributed by atoms with Crippen molar-refractivity contribution in [1.82, 2.24) is 19.5 Å². The largest absolute Gasteiger partial charge is 0.479 e. The van der Waals surface area contributed by atoms with Gasteiger partial charge in [-0.25, -0.2) is 14.8 Å². The third kappa shape index (κ3) is 3.85. The fourth-order valence-corrected chi connectivity index (χ4v) is 3.61. The molecule has 0 saturated carbocycles. The van der Waals surface area contributed by atoms with Crippen molar-refractivity contribution < 1.29 is 34.4 Å². The fourth-order valence-electron chi connectivity index (χ4n) is 3.61. The molecule has 0 unspecified atom stereocenters. The first-order valence-electron chi connectivity index (χ1n) is 9.50. The van der Waals surface area contributed by atoms with E-state index in [4.69, 9.17) is 14.6 Å². The summed E-state index contributed by atoms with van der Waals surface area (Å²) in [5.74, 6) is -1.15. The van der Waals surface area contributed by atoms with E-state index in [1.807, 2.05) is 0 Å². The van der Waals surface area contributed by atoms with E-state index >= 15 is 0 Å². The topological polar surface area (TPSA) is 157 Å². The number of nitrogens with zero attached hydrogens (tertiary/aromatic N) is 4. The molecule has 1 aliphatic rings. The Morgan fingerprint density at radius 1 is 1.16 bits per heavy atom. The lowest BCUT2D eigenvalue weighted by atomic mass is 10.00. The number of rotatable bonds is 7. The first kappa shape index (κ1) is 20.8. The predicted molar refractivity (Wildman–Crippen MR) is 105 cm³/mol. The van der Waals surface area contributed by atoms with E-state index in [2.05, 4.69) is 15.0 Å². The van der Waals surface area contributed by atoms with Crippen molar-refractivity contribution in [2.24, 2.45) is 0 Å². The number of methoxy groups -OCH3 is 1.